The Bertz CT molecular complexity index is 688. The second-order valence-electron chi connectivity index (χ2n) is 5.38. The molecule has 0 aliphatic carbocycles. The number of sulfonamides is 1. The molecule has 1 aliphatic heterocycles. The van der Waals surface area contributed by atoms with Crippen LogP contribution in [0.1, 0.15) is 30.1 Å². The van der Waals surface area contributed by atoms with Crippen molar-refractivity contribution < 1.29 is 18.0 Å². The Hall–Kier alpha value is -2.09. The number of anilines is 1. The van der Waals surface area contributed by atoms with Gasteiger partial charge in [-0.25, -0.2) is 8.42 Å². The van der Waals surface area contributed by atoms with E-state index in [2.05, 4.69) is 10.6 Å². The standard InChI is InChI=1S/C15H21N3O4S/c1-12(19)16-7-3-8-17-15(20)13-5-2-6-14(11-13)18-9-4-10-23(18,21)22/h2,5-6,11H,3-4,7-10H2,1H3,(H,16,19)(H,17,20). The van der Waals surface area contributed by atoms with Gasteiger partial charge in [-0.2, -0.15) is 0 Å². The van der Waals surface area contributed by atoms with Gasteiger partial charge in [0.25, 0.3) is 5.91 Å². The van der Waals surface area contributed by atoms with Crippen LogP contribution >= 0.6 is 0 Å². The Labute approximate surface area is 136 Å². The van der Waals surface area contributed by atoms with E-state index in [0.717, 1.165) is 0 Å². The summed E-state index contributed by atoms with van der Waals surface area (Å²) in [4.78, 5) is 22.8. The van der Waals surface area contributed by atoms with Crippen molar-refractivity contribution in [1.82, 2.24) is 10.6 Å². The first-order valence-electron chi connectivity index (χ1n) is 7.53. The summed E-state index contributed by atoms with van der Waals surface area (Å²) in [6.45, 7) is 2.83. The van der Waals surface area contributed by atoms with Gasteiger partial charge < -0.3 is 10.6 Å². The number of hydrogen-bond donors (Lipinski definition) is 2. The third-order valence-corrected chi connectivity index (χ3v) is 5.38. The number of rotatable bonds is 6. The topological polar surface area (TPSA) is 95.6 Å². The molecule has 0 unspecified atom stereocenters. The molecule has 0 bridgehead atoms. The second kappa shape index (κ2) is 7.45. The van der Waals surface area contributed by atoms with Crippen LogP contribution in [-0.2, 0) is 14.8 Å². The van der Waals surface area contributed by atoms with Gasteiger partial charge in [-0.1, -0.05) is 6.07 Å². The van der Waals surface area contributed by atoms with Gasteiger partial charge in [-0.3, -0.25) is 13.9 Å². The summed E-state index contributed by atoms with van der Waals surface area (Å²) in [6, 6.07) is 6.60. The predicted octanol–water partition coefficient (Wildman–Crippen LogP) is 0.482. The summed E-state index contributed by atoms with van der Waals surface area (Å²) in [6.07, 6.45) is 1.23. The summed E-state index contributed by atoms with van der Waals surface area (Å²) in [7, 11) is -3.25. The van der Waals surface area contributed by atoms with Crippen LogP contribution in [0.15, 0.2) is 24.3 Å². The SMILES string of the molecule is CC(=O)NCCCNC(=O)c1cccc(N2CCCS2(=O)=O)c1. The fraction of sp³-hybridized carbons (Fsp3) is 0.467. The third-order valence-electron chi connectivity index (χ3n) is 3.51. The first kappa shape index (κ1) is 17.3. The largest absolute Gasteiger partial charge is 0.356 e. The second-order valence-corrected chi connectivity index (χ2v) is 7.40. The molecule has 7 nitrogen and oxygen atoms in total. The Morgan fingerprint density at radius 1 is 1.22 bits per heavy atom. The van der Waals surface area contributed by atoms with Crippen molar-refractivity contribution in [3.05, 3.63) is 29.8 Å². The first-order chi connectivity index (χ1) is 10.9. The molecule has 1 aromatic rings. The monoisotopic (exact) mass is 339 g/mol. The van der Waals surface area contributed by atoms with Crippen molar-refractivity contribution in [2.75, 3.05) is 29.7 Å². The van der Waals surface area contributed by atoms with Crippen LogP contribution in [0.2, 0.25) is 0 Å². The van der Waals surface area contributed by atoms with E-state index in [4.69, 9.17) is 0 Å². The van der Waals surface area contributed by atoms with Crippen molar-refractivity contribution in [3.63, 3.8) is 0 Å². The summed E-state index contributed by atoms with van der Waals surface area (Å²) in [5, 5.41) is 5.40. The third kappa shape index (κ3) is 4.69. The highest BCUT2D eigenvalue weighted by molar-refractivity contribution is 7.93. The number of nitrogens with one attached hydrogen (secondary N) is 2. The van der Waals surface area contributed by atoms with Crippen molar-refractivity contribution in [2.45, 2.75) is 19.8 Å². The maximum Gasteiger partial charge on any atom is 0.251 e. The highest BCUT2D eigenvalue weighted by atomic mass is 32.2. The summed E-state index contributed by atoms with van der Waals surface area (Å²) in [5.74, 6) is -0.214. The van der Waals surface area contributed by atoms with Gasteiger partial charge in [0.2, 0.25) is 15.9 Å². The lowest BCUT2D eigenvalue weighted by molar-refractivity contribution is -0.118. The first-order valence-corrected chi connectivity index (χ1v) is 9.14. The van der Waals surface area contributed by atoms with Crippen molar-refractivity contribution in [3.8, 4) is 0 Å². The fourth-order valence-corrected chi connectivity index (χ4v) is 3.94. The van der Waals surface area contributed by atoms with Gasteiger partial charge >= 0.3 is 0 Å². The Morgan fingerprint density at radius 2 is 1.96 bits per heavy atom. The molecule has 8 heteroatoms. The molecule has 1 fully saturated rings. The zero-order valence-corrected chi connectivity index (χ0v) is 13.9. The Morgan fingerprint density at radius 3 is 2.61 bits per heavy atom. The molecule has 2 rings (SSSR count). The van der Waals surface area contributed by atoms with Gasteiger partial charge in [0.15, 0.2) is 0 Å². The van der Waals surface area contributed by atoms with Gasteiger partial charge in [0.05, 0.1) is 11.4 Å². The molecule has 0 aromatic heterocycles. The van der Waals surface area contributed by atoms with Gasteiger partial charge in [-0.15, -0.1) is 0 Å². The molecule has 1 heterocycles. The zero-order chi connectivity index (χ0) is 16.9. The highest BCUT2D eigenvalue weighted by Crippen LogP contribution is 2.24. The molecule has 0 saturated carbocycles. The molecule has 1 aromatic carbocycles. The maximum absolute atomic E-state index is 12.1. The van der Waals surface area contributed by atoms with Crippen molar-refractivity contribution in [2.24, 2.45) is 0 Å². The van der Waals surface area contributed by atoms with E-state index in [1.807, 2.05) is 0 Å². The number of nitrogens with zero attached hydrogens (tertiary/aromatic N) is 1. The average molecular weight is 339 g/mol. The molecule has 1 saturated heterocycles. The molecule has 0 radical (unpaired) electrons. The minimum atomic E-state index is -3.25. The van der Waals surface area contributed by atoms with Crippen LogP contribution in [0.4, 0.5) is 5.69 Å². The van der Waals surface area contributed by atoms with Crippen LogP contribution in [0, 0.1) is 0 Å². The van der Waals surface area contributed by atoms with Crippen molar-refractivity contribution >= 4 is 27.5 Å². The number of carbonyl (C=O) groups is 2. The van der Waals surface area contributed by atoms with E-state index >= 15 is 0 Å². The lowest BCUT2D eigenvalue weighted by Gasteiger charge is -2.17. The van der Waals surface area contributed by atoms with E-state index in [0.29, 0.717) is 43.7 Å². The molecule has 2 amide bonds. The normalized spacial score (nSPS) is 16.1. The zero-order valence-electron chi connectivity index (χ0n) is 13.0. The number of benzene rings is 1. The molecule has 126 valence electrons. The minimum absolute atomic E-state index is 0.101. The molecular weight excluding hydrogens is 318 g/mol. The Kier molecular flexibility index (Phi) is 5.59. The molecule has 0 spiro atoms. The van der Waals surface area contributed by atoms with Crippen molar-refractivity contribution in [1.29, 1.82) is 0 Å². The van der Waals surface area contributed by atoms with Crippen LogP contribution < -0.4 is 14.9 Å². The minimum Gasteiger partial charge on any atom is -0.356 e. The van der Waals surface area contributed by atoms with Crippen LogP contribution in [0.3, 0.4) is 0 Å². The number of carbonyl (C=O) groups excluding carboxylic acids is 2. The lowest BCUT2D eigenvalue weighted by Crippen LogP contribution is -2.29. The molecule has 0 atom stereocenters. The van der Waals surface area contributed by atoms with Gasteiger partial charge in [0, 0.05) is 32.1 Å². The van der Waals surface area contributed by atoms with E-state index < -0.39 is 10.0 Å². The summed E-state index contributed by atoms with van der Waals surface area (Å²) >= 11 is 0. The predicted molar refractivity (Wildman–Crippen MR) is 87.8 cm³/mol. The molecule has 2 N–H and O–H groups in total. The van der Waals surface area contributed by atoms with E-state index in [-0.39, 0.29) is 17.6 Å². The molecule has 1 aliphatic rings. The van der Waals surface area contributed by atoms with E-state index in [1.54, 1.807) is 24.3 Å². The summed E-state index contributed by atoms with van der Waals surface area (Å²) < 4.78 is 25.2. The average Bonchev–Trinajstić information content (AvgIpc) is 2.86. The van der Waals surface area contributed by atoms with Crippen LogP contribution in [0.5, 0.6) is 0 Å². The molecular formula is C15H21N3O4S. The smallest absolute Gasteiger partial charge is 0.251 e. The lowest BCUT2D eigenvalue weighted by atomic mass is 10.2. The Balaban J connectivity index is 1.94. The fourth-order valence-electron chi connectivity index (χ4n) is 2.39. The van der Waals surface area contributed by atoms with Crippen LogP contribution in [0.25, 0.3) is 0 Å². The van der Waals surface area contributed by atoms with E-state index in [9.17, 15) is 18.0 Å². The van der Waals surface area contributed by atoms with Gasteiger partial charge in [0.1, 0.15) is 0 Å². The quantitative estimate of drug-likeness (QED) is 0.737. The number of amides is 2. The van der Waals surface area contributed by atoms with E-state index in [1.165, 1.54) is 11.2 Å². The summed E-state index contributed by atoms with van der Waals surface area (Å²) in [5.41, 5.74) is 0.942. The maximum atomic E-state index is 12.1. The molecule has 23 heavy (non-hydrogen) atoms. The number of hydrogen-bond acceptors (Lipinski definition) is 4. The highest BCUT2D eigenvalue weighted by Gasteiger charge is 2.28. The van der Waals surface area contributed by atoms with Gasteiger partial charge in [-0.05, 0) is 31.0 Å². The van der Waals surface area contributed by atoms with Crippen LogP contribution in [-0.4, -0.2) is 45.6 Å².